The van der Waals surface area contributed by atoms with Crippen LogP contribution in [0.15, 0.2) is 24.3 Å². The minimum Gasteiger partial charge on any atom is -0.307 e. The third kappa shape index (κ3) is 4.05. The molecule has 0 spiro atoms. The Bertz CT molecular complexity index is 444. The molecule has 1 aromatic carbocycles. The molecule has 3 heteroatoms. The number of terminal acetylenes is 1. The summed E-state index contributed by atoms with van der Waals surface area (Å²) in [6, 6.07) is 7.49. The van der Waals surface area contributed by atoms with Gasteiger partial charge < -0.3 is 5.32 Å². The van der Waals surface area contributed by atoms with Gasteiger partial charge in [-0.05, 0) is 37.5 Å². The SMILES string of the molecule is C#CCN1CCC(N[C@H](C)c2cccc(F)c2)CC1. The van der Waals surface area contributed by atoms with E-state index in [0.717, 1.165) is 38.0 Å². The van der Waals surface area contributed by atoms with Gasteiger partial charge in [-0.25, -0.2) is 4.39 Å². The van der Waals surface area contributed by atoms with Gasteiger partial charge in [-0.1, -0.05) is 18.1 Å². The summed E-state index contributed by atoms with van der Waals surface area (Å²) < 4.78 is 13.2. The van der Waals surface area contributed by atoms with Crippen LogP contribution in [0, 0.1) is 18.2 Å². The quantitative estimate of drug-likeness (QED) is 0.837. The molecule has 0 aromatic heterocycles. The first-order valence-electron chi connectivity index (χ1n) is 6.86. The lowest BCUT2D eigenvalue weighted by atomic mass is 10.0. The van der Waals surface area contributed by atoms with E-state index >= 15 is 0 Å². The van der Waals surface area contributed by atoms with Crippen LogP contribution in [-0.2, 0) is 0 Å². The lowest BCUT2D eigenvalue weighted by Gasteiger charge is -2.33. The molecule has 0 saturated carbocycles. The highest BCUT2D eigenvalue weighted by Crippen LogP contribution is 2.18. The van der Waals surface area contributed by atoms with E-state index in [-0.39, 0.29) is 11.9 Å². The number of hydrogen-bond donors (Lipinski definition) is 1. The maximum absolute atomic E-state index is 13.2. The molecular formula is C16H21FN2. The van der Waals surface area contributed by atoms with Crippen molar-refractivity contribution in [2.24, 2.45) is 0 Å². The van der Waals surface area contributed by atoms with Crippen molar-refractivity contribution >= 4 is 0 Å². The van der Waals surface area contributed by atoms with Crippen molar-refractivity contribution in [1.82, 2.24) is 10.2 Å². The first-order valence-corrected chi connectivity index (χ1v) is 6.86. The van der Waals surface area contributed by atoms with E-state index < -0.39 is 0 Å². The number of benzene rings is 1. The molecule has 1 heterocycles. The summed E-state index contributed by atoms with van der Waals surface area (Å²) in [6.07, 6.45) is 7.52. The highest BCUT2D eigenvalue weighted by atomic mass is 19.1. The molecule has 102 valence electrons. The molecule has 1 aliphatic heterocycles. The van der Waals surface area contributed by atoms with Crippen molar-refractivity contribution in [2.45, 2.75) is 31.8 Å². The molecule has 1 fully saturated rings. The summed E-state index contributed by atoms with van der Waals surface area (Å²) in [7, 11) is 0. The number of nitrogens with one attached hydrogen (secondary N) is 1. The molecule has 2 nitrogen and oxygen atoms in total. The smallest absolute Gasteiger partial charge is 0.123 e. The van der Waals surface area contributed by atoms with Crippen LogP contribution in [-0.4, -0.2) is 30.6 Å². The summed E-state index contributed by atoms with van der Waals surface area (Å²) in [6.45, 7) is 4.91. The minimum absolute atomic E-state index is 0.171. The number of likely N-dealkylation sites (tertiary alicyclic amines) is 1. The first-order chi connectivity index (χ1) is 9.19. The fraction of sp³-hybridized carbons (Fsp3) is 0.500. The Hall–Kier alpha value is -1.37. The molecule has 0 amide bonds. The normalized spacial score (nSPS) is 19.0. The Balaban J connectivity index is 1.84. The molecule has 0 unspecified atom stereocenters. The van der Waals surface area contributed by atoms with Gasteiger partial charge in [0, 0.05) is 25.2 Å². The molecule has 1 saturated heterocycles. The van der Waals surface area contributed by atoms with E-state index in [0.29, 0.717) is 6.04 Å². The Morgan fingerprint density at radius 3 is 2.84 bits per heavy atom. The summed E-state index contributed by atoms with van der Waals surface area (Å²) in [4.78, 5) is 2.30. The van der Waals surface area contributed by atoms with E-state index in [1.165, 1.54) is 6.07 Å². The monoisotopic (exact) mass is 260 g/mol. The van der Waals surface area contributed by atoms with Crippen LogP contribution in [0.25, 0.3) is 0 Å². The van der Waals surface area contributed by atoms with Gasteiger partial charge in [0.05, 0.1) is 6.54 Å². The third-order valence-corrected chi connectivity index (χ3v) is 3.74. The zero-order valence-corrected chi connectivity index (χ0v) is 11.4. The van der Waals surface area contributed by atoms with Gasteiger partial charge in [0.25, 0.3) is 0 Å². The summed E-state index contributed by atoms with van der Waals surface area (Å²) in [5, 5.41) is 3.58. The van der Waals surface area contributed by atoms with Crippen molar-refractivity contribution in [1.29, 1.82) is 0 Å². The van der Waals surface area contributed by atoms with Gasteiger partial charge in [-0.2, -0.15) is 0 Å². The average molecular weight is 260 g/mol. The van der Waals surface area contributed by atoms with Gasteiger partial charge >= 0.3 is 0 Å². The van der Waals surface area contributed by atoms with Crippen molar-refractivity contribution in [3.05, 3.63) is 35.6 Å². The molecule has 0 radical (unpaired) electrons. The molecule has 0 aliphatic carbocycles. The molecule has 1 atom stereocenters. The average Bonchev–Trinajstić information content (AvgIpc) is 2.41. The minimum atomic E-state index is -0.171. The molecular weight excluding hydrogens is 239 g/mol. The van der Waals surface area contributed by atoms with E-state index in [9.17, 15) is 4.39 Å². The number of rotatable bonds is 4. The summed E-state index contributed by atoms with van der Waals surface area (Å²) >= 11 is 0. The van der Waals surface area contributed by atoms with E-state index in [1.807, 2.05) is 6.07 Å². The second kappa shape index (κ2) is 6.70. The van der Waals surface area contributed by atoms with E-state index in [1.54, 1.807) is 12.1 Å². The number of halogens is 1. The molecule has 19 heavy (non-hydrogen) atoms. The Morgan fingerprint density at radius 1 is 1.47 bits per heavy atom. The van der Waals surface area contributed by atoms with Gasteiger partial charge in [-0.15, -0.1) is 6.42 Å². The predicted octanol–water partition coefficient (Wildman–Crippen LogP) is 2.57. The van der Waals surface area contributed by atoms with Crippen LogP contribution in [0.5, 0.6) is 0 Å². The van der Waals surface area contributed by atoms with Gasteiger partial charge in [-0.3, -0.25) is 4.90 Å². The highest BCUT2D eigenvalue weighted by molar-refractivity contribution is 5.19. The maximum Gasteiger partial charge on any atom is 0.123 e. The predicted molar refractivity (Wildman–Crippen MR) is 76.2 cm³/mol. The van der Waals surface area contributed by atoms with Crippen molar-refractivity contribution < 1.29 is 4.39 Å². The van der Waals surface area contributed by atoms with E-state index in [2.05, 4.69) is 23.1 Å². The largest absolute Gasteiger partial charge is 0.307 e. The van der Waals surface area contributed by atoms with Gasteiger partial charge in [0.1, 0.15) is 5.82 Å². The van der Waals surface area contributed by atoms with Crippen LogP contribution in [0.2, 0.25) is 0 Å². The lowest BCUT2D eigenvalue weighted by molar-refractivity contribution is 0.211. The van der Waals surface area contributed by atoms with Crippen LogP contribution < -0.4 is 5.32 Å². The first kappa shape index (κ1) is 14.0. The second-order valence-electron chi connectivity index (χ2n) is 5.20. The molecule has 2 rings (SSSR count). The zero-order chi connectivity index (χ0) is 13.7. The van der Waals surface area contributed by atoms with Gasteiger partial charge in [0.2, 0.25) is 0 Å². The molecule has 1 N–H and O–H groups in total. The van der Waals surface area contributed by atoms with Crippen LogP contribution >= 0.6 is 0 Å². The van der Waals surface area contributed by atoms with Crippen molar-refractivity contribution in [3.8, 4) is 12.3 Å². The lowest BCUT2D eigenvalue weighted by Crippen LogP contribution is -2.43. The molecule has 0 bridgehead atoms. The fourth-order valence-corrected chi connectivity index (χ4v) is 2.61. The fourth-order valence-electron chi connectivity index (χ4n) is 2.61. The van der Waals surface area contributed by atoms with Crippen molar-refractivity contribution in [3.63, 3.8) is 0 Å². The van der Waals surface area contributed by atoms with Crippen LogP contribution in [0.3, 0.4) is 0 Å². The maximum atomic E-state index is 13.2. The Morgan fingerprint density at radius 2 is 2.21 bits per heavy atom. The van der Waals surface area contributed by atoms with E-state index in [4.69, 9.17) is 6.42 Å². The summed E-state index contributed by atoms with van der Waals surface area (Å²) in [5.41, 5.74) is 1.01. The summed E-state index contributed by atoms with van der Waals surface area (Å²) in [5.74, 6) is 2.52. The van der Waals surface area contributed by atoms with Crippen molar-refractivity contribution in [2.75, 3.05) is 19.6 Å². The highest BCUT2D eigenvalue weighted by Gasteiger charge is 2.20. The Labute approximate surface area is 115 Å². The number of piperidine rings is 1. The third-order valence-electron chi connectivity index (χ3n) is 3.74. The number of nitrogens with zero attached hydrogens (tertiary/aromatic N) is 1. The standard InChI is InChI=1S/C16H21FN2/c1-3-9-19-10-7-16(8-11-19)18-13(2)14-5-4-6-15(17)12-14/h1,4-6,12-13,16,18H,7-11H2,2H3/t13-/m1/s1. The van der Waals surface area contributed by atoms with Crippen LogP contribution in [0.4, 0.5) is 4.39 Å². The van der Waals surface area contributed by atoms with Crippen LogP contribution in [0.1, 0.15) is 31.4 Å². The molecule has 1 aliphatic rings. The Kier molecular flexibility index (Phi) is 4.95. The second-order valence-corrected chi connectivity index (χ2v) is 5.20. The number of hydrogen-bond acceptors (Lipinski definition) is 2. The topological polar surface area (TPSA) is 15.3 Å². The zero-order valence-electron chi connectivity index (χ0n) is 11.4. The molecule has 1 aromatic rings. The van der Waals surface area contributed by atoms with Gasteiger partial charge in [0.15, 0.2) is 0 Å².